The number of anilines is 1. The van der Waals surface area contributed by atoms with Gasteiger partial charge in [0, 0.05) is 27.4 Å². The largest absolute Gasteiger partial charge is 0.508 e. The Morgan fingerprint density at radius 2 is 1.92 bits per heavy atom. The molecule has 5 N–H and O–H groups in total. The number of phenols is 1. The third-order valence-electron chi connectivity index (χ3n) is 5.97. The molecule has 36 heavy (non-hydrogen) atoms. The number of aliphatic hydroxyl groups excluding tert-OH is 2. The lowest BCUT2D eigenvalue weighted by Gasteiger charge is -2.24. The van der Waals surface area contributed by atoms with E-state index < -0.39 is 48.9 Å². The molecule has 192 valence electrons. The van der Waals surface area contributed by atoms with Crippen molar-refractivity contribution < 1.29 is 29.6 Å². The van der Waals surface area contributed by atoms with Gasteiger partial charge in [0.05, 0.1) is 19.0 Å². The molecule has 4 rings (SSSR count). The number of aromatic hydroxyl groups is 1. The van der Waals surface area contributed by atoms with Crippen molar-refractivity contribution in [2.75, 3.05) is 25.6 Å². The molecule has 3 heterocycles. The van der Waals surface area contributed by atoms with Crippen molar-refractivity contribution in [3.8, 4) is 5.75 Å². The Kier molecular flexibility index (Phi) is 7.33. The molecule has 0 saturated carbocycles. The third-order valence-corrected chi connectivity index (χ3v) is 5.97. The van der Waals surface area contributed by atoms with E-state index in [0.29, 0.717) is 22.5 Å². The van der Waals surface area contributed by atoms with Gasteiger partial charge in [0.1, 0.15) is 30.3 Å². The number of amides is 2. The van der Waals surface area contributed by atoms with Crippen LogP contribution in [-0.2, 0) is 20.7 Å². The van der Waals surface area contributed by atoms with Gasteiger partial charge in [-0.3, -0.25) is 14.2 Å². The van der Waals surface area contributed by atoms with Gasteiger partial charge < -0.3 is 35.6 Å². The Hall–Kier alpha value is -3.81. The molecule has 0 aliphatic carbocycles. The second-order valence-electron chi connectivity index (χ2n) is 8.81. The van der Waals surface area contributed by atoms with Crippen molar-refractivity contribution >= 4 is 28.8 Å². The highest BCUT2D eigenvalue weighted by molar-refractivity contribution is 5.87. The molecular formula is C23H29N7O6. The summed E-state index contributed by atoms with van der Waals surface area (Å²) in [6.45, 7) is 0.830. The first-order valence-electron chi connectivity index (χ1n) is 11.3. The summed E-state index contributed by atoms with van der Waals surface area (Å²) in [6, 6.07) is 4.33. The van der Waals surface area contributed by atoms with E-state index in [0.717, 1.165) is 0 Å². The fourth-order valence-electron chi connectivity index (χ4n) is 4.25. The van der Waals surface area contributed by atoms with Gasteiger partial charge in [-0.25, -0.2) is 15.0 Å². The molecule has 2 aromatic heterocycles. The monoisotopic (exact) mass is 499 g/mol. The van der Waals surface area contributed by atoms with Gasteiger partial charge in [-0.1, -0.05) is 12.1 Å². The van der Waals surface area contributed by atoms with E-state index in [1.165, 1.54) is 36.3 Å². The Morgan fingerprint density at radius 1 is 1.19 bits per heavy atom. The number of rotatable bonds is 8. The number of ether oxygens (including phenoxy) is 1. The minimum Gasteiger partial charge on any atom is -0.508 e. The average molecular weight is 500 g/mol. The summed E-state index contributed by atoms with van der Waals surface area (Å²) >= 11 is 0. The van der Waals surface area contributed by atoms with E-state index >= 15 is 0 Å². The van der Waals surface area contributed by atoms with Crippen molar-refractivity contribution in [1.82, 2.24) is 30.2 Å². The predicted molar refractivity (Wildman–Crippen MR) is 128 cm³/mol. The van der Waals surface area contributed by atoms with Gasteiger partial charge in [0.2, 0.25) is 11.8 Å². The highest BCUT2D eigenvalue weighted by Gasteiger charge is 2.46. The van der Waals surface area contributed by atoms with Gasteiger partial charge in [0.25, 0.3) is 0 Å². The van der Waals surface area contributed by atoms with Gasteiger partial charge in [-0.2, -0.15) is 0 Å². The van der Waals surface area contributed by atoms with Crippen LogP contribution in [0.1, 0.15) is 18.7 Å². The molecule has 2 amide bonds. The first-order chi connectivity index (χ1) is 17.2. The lowest BCUT2D eigenvalue weighted by atomic mass is 10.0. The number of carbonyl (C=O) groups excluding carboxylic acids is 2. The van der Waals surface area contributed by atoms with E-state index in [9.17, 15) is 24.9 Å². The molecule has 1 aliphatic heterocycles. The molecule has 0 spiro atoms. The van der Waals surface area contributed by atoms with Crippen LogP contribution in [0.5, 0.6) is 5.75 Å². The second kappa shape index (κ2) is 10.4. The van der Waals surface area contributed by atoms with E-state index in [-0.39, 0.29) is 12.2 Å². The standard InChI is InChI=1S/C23H29N7O6/c1-12(32)27-15(8-13-4-6-14(33)7-5-13)22(35)28-17-16(9-31)36-23(19(17)34)30-11-26-18-20(29(2)3)24-10-25-21(18)30/h4-7,10-11,15-17,19,23,31,33-34H,8-9H2,1-3H3,(H,27,32)(H,28,35). The summed E-state index contributed by atoms with van der Waals surface area (Å²) in [5.41, 5.74) is 1.64. The minimum absolute atomic E-state index is 0.0809. The zero-order valence-corrected chi connectivity index (χ0v) is 20.1. The fourth-order valence-corrected chi connectivity index (χ4v) is 4.25. The molecule has 13 nitrogen and oxygen atoms in total. The number of carbonyl (C=O) groups is 2. The Morgan fingerprint density at radius 3 is 2.56 bits per heavy atom. The number of hydrogen-bond donors (Lipinski definition) is 5. The zero-order valence-electron chi connectivity index (χ0n) is 20.1. The Labute approximate surface area is 206 Å². The first kappa shape index (κ1) is 25.3. The highest BCUT2D eigenvalue weighted by Crippen LogP contribution is 2.32. The maximum Gasteiger partial charge on any atom is 0.243 e. The van der Waals surface area contributed by atoms with E-state index in [1.54, 1.807) is 17.0 Å². The summed E-state index contributed by atoms with van der Waals surface area (Å²) in [5, 5.41) is 35.9. The second-order valence-corrected chi connectivity index (χ2v) is 8.81. The number of phenolic OH excluding ortho intramolecular Hbond substituents is 1. The lowest BCUT2D eigenvalue weighted by Crippen LogP contribution is -2.55. The van der Waals surface area contributed by atoms with Crippen LogP contribution in [0, 0.1) is 0 Å². The van der Waals surface area contributed by atoms with Crippen molar-refractivity contribution in [3.05, 3.63) is 42.5 Å². The Balaban J connectivity index is 1.56. The smallest absolute Gasteiger partial charge is 0.243 e. The number of nitrogens with one attached hydrogen (secondary N) is 2. The number of aromatic nitrogens is 4. The van der Waals surface area contributed by atoms with Crippen molar-refractivity contribution in [1.29, 1.82) is 0 Å². The molecule has 1 saturated heterocycles. The van der Waals surface area contributed by atoms with E-state index in [1.807, 2.05) is 14.1 Å². The van der Waals surface area contributed by atoms with E-state index in [4.69, 9.17) is 4.74 Å². The molecule has 1 aromatic carbocycles. The molecule has 13 heteroatoms. The normalized spacial score (nSPS) is 22.4. The molecule has 0 bridgehead atoms. The lowest BCUT2D eigenvalue weighted by molar-refractivity contribution is -0.129. The van der Waals surface area contributed by atoms with Crippen LogP contribution in [-0.4, -0.2) is 91.6 Å². The summed E-state index contributed by atoms with van der Waals surface area (Å²) < 4.78 is 7.43. The quantitative estimate of drug-likeness (QED) is 0.261. The summed E-state index contributed by atoms with van der Waals surface area (Å²) in [6.07, 6.45) is -0.177. The van der Waals surface area contributed by atoms with Crippen molar-refractivity contribution in [2.24, 2.45) is 0 Å². The summed E-state index contributed by atoms with van der Waals surface area (Å²) in [4.78, 5) is 39.6. The maximum absolute atomic E-state index is 13.2. The van der Waals surface area contributed by atoms with Gasteiger partial charge in [-0.05, 0) is 17.7 Å². The SMILES string of the molecule is CC(=O)NC(Cc1ccc(O)cc1)C(=O)NC1C(CO)OC(n2cnc3c(N(C)C)ncnc32)C1O. The van der Waals surface area contributed by atoms with Crippen molar-refractivity contribution in [2.45, 2.75) is 43.9 Å². The fraction of sp³-hybridized carbons (Fsp3) is 0.435. The highest BCUT2D eigenvalue weighted by atomic mass is 16.5. The third kappa shape index (κ3) is 5.08. The molecule has 3 aromatic rings. The zero-order chi connectivity index (χ0) is 26.0. The minimum atomic E-state index is -1.26. The van der Waals surface area contributed by atoms with Gasteiger partial charge >= 0.3 is 0 Å². The van der Waals surface area contributed by atoms with Crippen LogP contribution in [0.3, 0.4) is 0 Å². The van der Waals surface area contributed by atoms with Crippen LogP contribution in [0.4, 0.5) is 5.82 Å². The van der Waals surface area contributed by atoms with Gasteiger partial charge in [0.15, 0.2) is 23.2 Å². The van der Waals surface area contributed by atoms with Crippen LogP contribution in [0.2, 0.25) is 0 Å². The number of nitrogens with zero attached hydrogens (tertiary/aromatic N) is 5. The molecular weight excluding hydrogens is 470 g/mol. The van der Waals surface area contributed by atoms with Crippen LogP contribution in [0.25, 0.3) is 11.2 Å². The van der Waals surface area contributed by atoms with Gasteiger partial charge in [-0.15, -0.1) is 0 Å². The van der Waals surface area contributed by atoms with Crippen LogP contribution >= 0.6 is 0 Å². The average Bonchev–Trinajstić information content (AvgIpc) is 3.40. The topological polar surface area (TPSA) is 175 Å². The van der Waals surface area contributed by atoms with Crippen LogP contribution in [0.15, 0.2) is 36.9 Å². The van der Waals surface area contributed by atoms with Crippen LogP contribution < -0.4 is 15.5 Å². The first-order valence-corrected chi connectivity index (χ1v) is 11.3. The number of benzene rings is 1. The molecule has 0 radical (unpaired) electrons. The number of imidazole rings is 1. The molecule has 5 unspecified atom stereocenters. The maximum atomic E-state index is 13.2. The number of hydrogen-bond acceptors (Lipinski definition) is 10. The summed E-state index contributed by atoms with van der Waals surface area (Å²) in [5.74, 6) is -0.299. The number of fused-ring (bicyclic) bond motifs is 1. The summed E-state index contributed by atoms with van der Waals surface area (Å²) in [7, 11) is 3.64. The number of aliphatic hydroxyl groups is 2. The Bertz CT molecular complexity index is 1230. The predicted octanol–water partition coefficient (Wildman–Crippen LogP) is -0.919. The molecule has 5 atom stereocenters. The molecule has 1 aliphatic rings. The molecule has 1 fully saturated rings. The van der Waals surface area contributed by atoms with Crippen molar-refractivity contribution in [3.63, 3.8) is 0 Å². The van der Waals surface area contributed by atoms with E-state index in [2.05, 4.69) is 25.6 Å².